The molecule has 2 heterocycles. The number of rotatable bonds is 5. The van der Waals surface area contributed by atoms with Gasteiger partial charge in [-0.05, 0) is 18.2 Å². The zero-order chi connectivity index (χ0) is 13.7. The maximum Gasteiger partial charge on any atom is 0.354 e. The number of nitrogens with one attached hydrogen (secondary N) is 2. The van der Waals surface area contributed by atoms with Gasteiger partial charge in [-0.15, -0.1) is 0 Å². The van der Waals surface area contributed by atoms with Crippen molar-refractivity contribution in [2.45, 2.75) is 6.54 Å². The van der Waals surface area contributed by atoms with E-state index in [0.29, 0.717) is 18.1 Å². The third-order valence-electron chi connectivity index (χ3n) is 2.58. The van der Waals surface area contributed by atoms with Crippen LogP contribution >= 0.6 is 0 Å². The van der Waals surface area contributed by atoms with Crippen LogP contribution in [0, 0.1) is 0 Å². The van der Waals surface area contributed by atoms with Gasteiger partial charge in [0.2, 0.25) is 5.88 Å². The van der Waals surface area contributed by atoms with Crippen molar-refractivity contribution in [1.82, 2.24) is 9.97 Å². The Morgan fingerprint density at radius 3 is 2.79 bits per heavy atom. The molecule has 0 radical (unpaired) electrons. The minimum absolute atomic E-state index is 0.377. The topological polar surface area (TPSA) is 76.2 Å². The van der Waals surface area contributed by atoms with Crippen molar-refractivity contribution in [1.29, 1.82) is 0 Å². The van der Waals surface area contributed by atoms with Gasteiger partial charge in [-0.3, -0.25) is 0 Å². The maximum atomic E-state index is 11.3. The normalized spacial score (nSPS) is 10.0. The Labute approximate surface area is 110 Å². The number of methoxy groups -OCH3 is 2. The van der Waals surface area contributed by atoms with E-state index in [0.717, 1.165) is 11.4 Å². The molecule has 0 saturated heterocycles. The fourth-order valence-corrected chi connectivity index (χ4v) is 1.58. The molecule has 0 bridgehead atoms. The van der Waals surface area contributed by atoms with E-state index in [1.54, 1.807) is 25.4 Å². The Balaban J connectivity index is 1.94. The van der Waals surface area contributed by atoms with E-state index in [1.807, 2.05) is 12.1 Å². The van der Waals surface area contributed by atoms with Crippen molar-refractivity contribution in [2.75, 3.05) is 19.5 Å². The van der Waals surface area contributed by atoms with E-state index in [9.17, 15) is 4.79 Å². The standard InChI is InChI=1S/C13H15N3O3/c1-18-12-6-4-9(7-15-12)14-8-10-3-5-11(16-10)13(17)19-2/h3-7,14,16H,8H2,1-2H3. The number of aromatic nitrogens is 2. The number of carbonyl (C=O) groups excluding carboxylic acids is 1. The second-order valence-electron chi connectivity index (χ2n) is 3.83. The number of hydrogen-bond donors (Lipinski definition) is 2. The van der Waals surface area contributed by atoms with E-state index in [-0.39, 0.29) is 5.97 Å². The largest absolute Gasteiger partial charge is 0.481 e. The highest BCUT2D eigenvalue weighted by molar-refractivity contribution is 5.87. The average Bonchev–Trinajstić information content (AvgIpc) is 2.93. The molecule has 2 aromatic rings. The number of hydrogen-bond acceptors (Lipinski definition) is 5. The van der Waals surface area contributed by atoms with E-state index >= 15 is 0 Å². The van der Waals surface area contributed by atoms with Gasteiger partial charge in [0.15, 0.2) is 0 Å². The first-order valence-electron chi connectivity index (χ1n) is 5.73. The number of anilines is 1. The van der Waals surface area contributed by atoms with Crippen LogP contribution in [0.3, 0.4) is 0 Å². The Morgan fingerprint density at radius 1 is 1.32 bits per heavy atom. The first kappa shape index (κ1) is 12.9. The number of nitrogens with zero attached hydrogens (tertiary/aromatic N) is 1. The predicted octanol–water partition coefficient (Wildman–Crippen LogP) is 1.82. The third-order valence-corrected chi connectivity index (χ3v) is 2.58. The SMILES string of the molecule is COC(=O)c1ccc(CNc2ccc(OC)nc2)[nH]1. The number of aromatic amines is 1. The summed E-state index contributed by atoms with van der Waals surface area (Å²) >= 11 is 0. The van der Waals surface area contributed by atoms with E-state index < -0.39 is 0 Å². The van der Waals surface area contributed by atoms with Gasteiger partial charge in [-0.1, -0.05) is 0 Å². The predicted molar refractivity (Wildman–Crippen MR) is 70.2 cm³/mol. The van der Waals surface area contributed by atoms with Crippen LogP contribution < -0.4 is 10.1 Å². The minimum atomic E-state index is -0.377. The Morgan fingerprint density at radius 2 is 2.16 bits per heavy atom. The van der Waals surface area contributed by atoms with Crippen molar-refractivity contribution in [3.63, 3.8) is 0 Å². The van der Waals surface area contributed by atoms with E-state index in [2.05, 4.69) is 20.0 Å². The van der Waals surface area contributed by atoms with E-state index in [1.165, 1.54) is 7.11 Å². The van der Waals surface area contributed by atoms with Gasteiger partial charge >= 0.3 is 5.97 Å². The van der Waals surface area contributed by atoms with Gasteiger partial charge in [0.1, 0.15) is 5.69 Å². The quantitative estimate of drug-likeness (QED) is 0.803. The highest BCUT2D eigenvalue weighted by Crippen LogP contribution is 2.12. The lowest BCUT2D eigenvalue weighted by Crippen LogP contribution is -2.04. The van der Waals surface area contributed by atoms with Crippen molar-refractivity contribution >= 4 is 11.7 Å². The molecule has 0 aliphatic rings. The lowest BCUT2D eigenvalue weighted by atomic mass is 10.3. The van der Waals surface area contributed by atoms with Crippen LogP contribution in [-0.4, -0.2) is 30.2 Å². The molecule has 0 unspecified atom stereocenters. The number of esters is 1. The molecule has 6 nitrogen and oxygen atoms in total. The zero-order valence-electron chi connectivity index (χ0n) is 10.8. The first-order valence-corrected chi connectivity index (χ1v) is 5.73. The monoisotopic (exact) mass is 261 g/mol. The van der Waals surface area contributed by atoms with E-state index in [4.69, 9.17) is 4.74 Å². The summed E-state index contributed by atoms with van der Waals surface area (Å²) in [5, 5.41) is 3.18. The lowest BCUT2D eigenvalue weighted by Gasteiger charge is -2.05. The second kappa shape index (κ2) is 5.90. The van der Waals surface area contributed by atoms with Crippen molar-refractivity contribution in [2.24, 2.45) is 0 Å². The molecule has 0 aliphatic heterocycles. The molecule has 2 N–H and O–H groups in total. The molecule has 2 aromatic heterocycles. The molecule has 0 aromatic carbocycles. The minimum Gasteiger partial charge on any atom is -0.481 e. The third kappa shape index (κ3) is 3.25. The number of pyridine rings is 1. The highest BCUT2D eigenvalue weighted by atomic mass is 16.5. The van der Waals surface area contributed by atoms with Crippen molar-refractivity contribution in [3.8, 4) is 5.88 Å². The fraction of sp³-hybridized carbons (Fsp3) is 0.231. The summed E-state index contributed by atoms with van der Waals surface area (Å²) in [6, 6.07) is 7.16. The molecule has 2 rings (SSSR count). The van der Waals surface area contributed by atoms with Crippen LogP contribution in [0.15, 0.2) is 30.5 Å². The van der Waals surface area contributed by atoms with Crippen LogP contribution in [0.1, 0.15) is 16.2 Å². The molecule has 100 valence electrons. The summed E-state index contributed by atoms with van der Waals surface area (Å²) in [6.45, 7) is 0.561. The van der Waals surface area contributed by atoms with Gasteiger partial charge in [-0.25, -0.2) is 9.78 Å². The van der Waals surface area contributed by atoms with Gasteiger partial charge in [0.25, 0.3) is 0 Å². The fourth-order valence-electron chi connectivity index (χ4n) is 1.58. The first-order chi connectivity index (χ1) is 9.22. The van der Waals surface area contributed by atoms with Crippen LogP contribution in [0.2, 0.25) is 0 Å². The summed E-state index contributed by atoms with van der Waals surface area (Å²) in [6.07, 6.45) is 1.68. The van der Waals surface area contributed by atoms with Gasteiger partial charge in [0.05, 0.1) is 32.6 Å². The molecule has 19 heavy (non-hydrogen) atoms. The second-order valence-corrected chi connectivity index (χ2v) is 3.83. The Bertz CT molecular complexity index is 549. The summed E-state index contributed by atoms with van der Waals surface area (Å²) in [7, 11) is 2.92. The summed E-state index contributed by atoms with van der Waals surface area (Å²) in [5.41, 5.74) is 2.19. The molecule has 0 atom stereocenters. The number of carbonyl (C=O) groups is 1. The molecule has 0 aliphatic carbocycles. The van der Waals surface area contributed by atoms with Gasteiger partial charge in [0, 0.05) is 11.8 Å². The molecular formula is C13H15N3O3. The lowest BCUT2D eigenvalue weighted by molar-refractivity contribution is 0.0594. The van der Waals surface area contributed by atoms with Gasteiger partial charge in [-0.2, -0.15) is 0 Å². The molecule has 0 fully saturated rings. The molecule has 0 spiro atoms. The van der Waals surface area contributed by atoms with Crippen LogP contribution in [0.4, 0.5) is 5.69 Å². The molecule has 0 amide bonds. The van der Waals surface area contributed by atoms with Crippen molar-refractivity contribution in [3.05, 3.63) is 41.9 Å². The maximum absolute atomic E-state index is 11.3. The Hall–Kier alpha value is -2.50. The zero-order valence-corrected chi connectivity index (χ0v) is 10.8. The summed E-state index contributed by atoms with van der Waals surface area (Å²) < 4.78 is 9.60. The molecule has 6 heteroatoms. The summed E-state index contributed by atoms with van der Waals surface area (Å²) in [4.78, 5) is 18.3. The van der Waals surface area contributed by atoms with Crippen LogP contribution in [0.25, 0.3) is 0 Å². The van der Waals surface area contributed by atoms with Crippen molar-refractivity contribution < 1.29 is 14.3 Å². The number of ether oxygens (including phenoxy) is 2. The highest BCUT2D eigenvalue weighted by Gasteiger charge is 2.07. The van der Waals surface area contributed by atoms with Crippen LogP contribution in [-0.2, 0) is 11.3 Å². The summed E-state index contributed by atoms with van der Waals surface area (Å²) in [5.74, 6) is 0.191. The average molecular weight is 261 g/mol. The van der Waals surface area contributed by atoms with Crippen LogP contribution in [0.5, 0.6) is 5.88 Å². The van der Waals surface area contributed by atoms with Gasteiger partial charge < -0.3 is 19.8 Å². The molecule has 0 saturated carbocycles. The Kier molecular flexibility index (Phi) is 4.02. The smallest absolute Gasteiger partial charge is 0.354 e. The number of H-pyrrole nitrogens is 1. The molecular weight excluding hydrogens is 246 g/mol.